The number of halogens is 1. The quantitative estimate of drug-likeness (QED) is 0.843. The summed E-state index contributed by atoms with van der Waals surface area (Å²) in [6, 6.07) is 4.72. The summed E-state index contributed by atoms with van der Waals surface area (Å²) >= 11 is 0. The lowest BCUT2D eigenvalue weighted by Crippen LogP contribution is -2.31. The molecule has 0 radical (unpaired) electrons. The van der Waals surface area contributed by atoms with Crippen molar-refractivity contribution >= 4 is 0 Å². The Morgan fingerprint density at radius 3 is 2.83 bits per heavy atom. The van der Waals surface area contributed by atoms with E-state index in [9.17, 15) is 4.39 Å². The third kappa shape index (κ3) is 3.00. The molecular weight excluding hydrogens is 233 g/mol. The predicted octanol–water partition coefficient (Wildman–Crippen LogP) is 2.17. The number of nitrogens with one attached hydrogen (secondary N) is 1. The second-order valence-corrected chi connectivity index (χ2v) is 4.78. The minimum Gasteiger partial charge on any atom is -0.496 e. The first kappa shape index (κ1) is 13.3. The van der Waals surface area contributed by atoms with E-state index in [0.29, 0.717) is 5.92 Å². The number of likely N-dealkylation sites (N-methyl/N-ethyl adjacent to an activating group) is 1. The molecule has 1 aliphatic heterocycles. The molecule has 1 aromatic rings. The lowest BCUT2D eigenvalue weighted by Gasteiger charge is -2.30. The van der Waals surface area contributed by atoms with Gasteiger partial charge in [-0.1, -0.05) is 0 Å². The highest BCUT2D eigenvalue weighted by atomic mass is 19.1. The zero-order chi connectivity index (χ0) is 13.0. The van der Waals surface area contributed by atoms with Crippen molar-refractivity contribution in [3.8, 4) is 5.75 Å². The van der Waals surface area contributed by atoms with Crippen LogP contribution >= 0.6 is 0 Å². The van der Waals surface area contributed by atoms with Crippen LogP contribution < -0.4 is 10.1 Å². The molecule has 0 aromatic heterocycles. The first-order valence-electron chi connectivity index (χ1n) is 6.30. The number of hydrogen-bond donors (Lipinski definition) is 1. The van der Waals surface area contributed by atoms with Gasteiger partial charge in [0.05, 0.1) is 20.3 Å². The smallest absolute Gasteiger partial charge is 0.123 e. The van der Waals surface area contributed by atoms with Crippen LogP contribution in [0.2, 0.25) is 0 Å². The normalized spacial score (nSPS) is 17.3. The van der Waals surface area contributed by atoms with Crippen LogP contribution in [0.5, 0.6) is 5.75 Å². The molecule has 1 N–H and O–H groups in total. The van der Waals surface area contributed by atoms with Gasteiger partial charge in [0.25, 0.3) is 0 Å². The van der Waals surface area contributed by atoms with Gasteiger partial charge >= 0.3 is 0 Å². The van der Waals surface area contributed by atoms with Gasteiger partial charge in [-0.15, -0.1) is 0 Å². The van der Waals surface area contributed by atoms with Gasteiger partial charge in [0.15, 0.2) is 0 Å². The zero-order valence-corrected chi connectivity index (χ0v) is 10.9. The number of ether oxygens (including phenoxy) is 2. The molecule has 2 rings (SSSR count). The fraction of sp³-hybridized carbons (Fsp3) is 0.571. The molecule has 0 aliphatic carbocycles. The van der Waals surface area contributed by atoms with Crippen molar-refractivity contribution in [3.63, 3.8) is 0 Å². The van der Waals surface area contributed by atoms with Gasteiger partial charge < -0.3 is 14.8 Å². The van der Waals surface area contributed by atoms with Crippen molar-refractivity contribution in [3.05, 3.63) is 29.6 Å². The maximum atomic E-state index is 13.4. The molecule has 100 valence electrons. The molecule has 1 aromatic carbocycles. The largest absolute Gasteiger partial charge is 0.496 e. The summed E-state index contributed by atoms with van der Waals surface area (Å²) in [5.41, 5.74) is 0.943. The van der Waals surface area contributed by atoms with Crippen LogP contribution in [0.25, 0.3) is 0 Å². The van der Waals surface area contributed by atoms with E-state index in [1.807, 2.05) is 7.05 Å². The van der Waals surface area contributed by atoms with E-state index in [4.69, 9.17) is 9.47 Å². The van der Waals surface area contributed by atoms with E-state index in [2.05, 4.69) is 5.32 Å². The van der Waals surface area contributed by atoms with Gasteiger partial charge in [-0.05, 0) is 31.7 Å². The molecule has 1 saturated heterocycles. The highest BCUT2D eigenvalue weighted by molar-refractivity contribution is 5.37. The number of methoxy groups -OCH3 is 1. The Morgan fingerprint density at radius 2 is 2.28 bits per heavy atom. The van der Waals surface area contributed by atoms with E-state index in [1.165, 1.54) is 6.07 Å². The molecule has 18 heavy (non-hydrogen) atoms. The molecule has 0 amide bonds. The molecular formula is C14H20FNO2. The Bertz CT molecular complexity index is 393. The number of rotatable bonds is 6. The molecule has 0 bridgehead atoms. The van der Waals surface area contributed by atoms with E-state index in [1.54, 1.807) is 19.2 Å². The summed E-state index contributed by atoms with van der Waals surface area (Å²) in [6.07, 6.45) is 1.00. The van der Waals surface area contributed by atoms with E-state index in [-0.39, 0.29) is 11.7 Å². The minimum atomic E-state index is -0.211. The van der Waals surface area contributed by atoms with Crippen LogP contribution in [-0.2, 0) is 4.74 Å². The molecule has 1 unspecified atom stereocenters. The second kappa shape index (κ2) is 6.16. The lowest BCUT2D eigenvalue weighted by molar-refractivity contribution is -0.0385. The van der Waals surface area contributed by atoms with Crippen molar-refractivity contribution < 1.29 is 13.9 Å². The van der Waals surface area contributed by atoms with E-state index in [0.717, 1.165) is 37.5 Å². The van der Waals surface area contributed by atoms with Crippen molar-refractivity contribution in [2.75, 3.05) is 33.9 Å². The average Bonchev–Trinajstić information content (AvgIpc) is 2.32. The van der Waals surface area contributed by atoms with Gasteiger partial charge in [0.1, 0.15) is 11.6 Å². The molecule has 0 spiro atoms. The average molecular weight is 253 g/mol. The van der Waals surface area contributed by atoms with Gasteiger partial charge in [0.2, 0.25) is 0 Å². The summed E-state index contributed by atoms with van der Waals surface area (Å²) < 4.78 is 24.0. The molecule has 4 heteroatoms. The highest BCUT2D eigenvalue weighted by Gasteiger charge is 2.25. The Labute approximate surface area is 107 Å². The van der Waals surface area contributed by atoms with E-state index >= 15 is 0 Å². The third-order valence-corrected chi connectivity index (χ3v) is 3.41. The van der Waals surface area contributed by atoms with Crippen LogP contribution in [-0.4, -0.2) is 33.9 Å². The fourth-order valence-electron chi connectivity index (χ4n) is 2.41. The van der Waals surface area contributed by atoms with Crippen LogP contribution in [0, 0.1) is 11.7 Å². The van der Waals surface area contributed by atoms with Gasteiger partial charge in [-0.2, -0.15) is 0 Å². The van der Waals surface area contributed by atoms with Crippen LogP contribution in [0.4, 0.5) is 4.39 Å². The Hall–Kier alpha value is -1.13. The lowest BCUT2D eigenvalue weighted by atomic mass is 9.87. The maximum absolute atomic E-state index is 13.4. The van der Waals surface area contributed by atoms with Crippen molar-refractivity contribution in [2.24, 2.45) is 5.92 Å². The van der Waals surface area contributed by atoms with Crippen LogP contribution in [0.3, 0.4) is 0 Å². The van der Waals surface area contributed by atoms with Crippen LogP contribution in [0.1, 0.15) is 17.9 Å². The summed E-state index contributed by atoms with van der Waals surface area (Å²) in [4.78, 5) is 0. The van der Waals surface area contributed by atoms with Crippen molar-refractivity contribution in [1.82, 2.24) is 5.32 Å². The summed E-state index contributed by atoms with van der Waals surface area (Å²) in [5, 5.41) is 3.17. The summed E-state index contributed by atoms with van der Waals surface area (Å²) in [6.45, 7) is 2.45. The SMILES string of the molecule is CNCC(CC1COC1)c1cc(F)ccc1OC. The second-order valence-electron chi connectivity index (χ2n) is 4.78. The third-order valence-electron chi connectivity index (χ3n) is 3.41. The first-order valence-corrected chi connectivity index (χ1v) is 6.30. The van der Waals surface area contributed by atoms with E-state index < -0.39 is 0 Å². The standard InChI is InChI=1S/C14H20FNO2/c1-16-7-11(5-10-8-18-9-10)13-6-12(15)3-4-14(13)17-2/h3-4,6,10-11,16H,5,7-9H2,1-2H3. The highest BCUT2D eigenvalue weighted by Crippen LogP contribution is 2.33. The number of benzene rings is 1. The molecule has 1 aliphatic rings. The fourth-order valence-corrected chi connectivity index (χ4v) is 2.41. The van der Waals surface area contributed by atoms with Crippen LogP contribution in [0.15, 0.2) is 18.2 Å². The Balaban J connectivity index is 2.19. The van der Waals surface area contributed by atoms with Crippen molar-refractivity contribution in [1.29, 1.82) is 0 Å². The van der Waals surface area contributed by atoms with Crippen molar-refractivity contribution in [2.45, 2.75) is 12.3 Å². The molecule has 0 saturated carbocycles. The molecule has 1 heterocycles. The zero-order valence-electron chi connectivity index (χ0n) is 10.9. The van der Waals surface area contributed by atoms with Gasteiger partial charge in [-0.25, -0.2) is 4.39 Å². The summed E-state index contributed by atoms with van der Waals surface area (Å²) in [7, 11) is 3.54. The molecule has 3 nitrogen and oxygen atoms in total. The predicted molar refractivity (Wildman–Crippen MR) is 68.5 cm³/mol. The molecule has 1 fully saturated rings. The number of hydrogen-bond acceptors (Lipinski definition) is 3. The van der Waals surface area contributed by atoms with Gasteiger partial charge in [-0.3, -0.25) is 0 Å². The monoisotopic (exact) mass is 253 g/mol. The van der Waals surface area contributed by atoms with Gasteiger partial charge in [0, 0.05) is 23.9 Å². The Morgan fingerprint density at radius 1 is 1.50 bits per heavy atom. The summed E-state index contributed by atoms with van der Waals surface area (Å²) in [5.74, 6) is 1.39. The first-order chi connectivity index (χ1) is 8.74. The molecule has 1 atom stereocenters. The maximum Gasteiger partial charge on any atom is 0.123 e. The topological polar surface area (TPSA) is 30.5 Å². The minimum absolute atomic E-state index is 0.211. The Kier molecular flexibility index (Phi) is 4.55.